The smallest absolute Gasteiger partial charge is 0.175 e. The largest absolute Gasteiger partial charge is 0.593 e. The number of hydrogen-bond acceptors (Lipinski definition) is 4. The van der Waals surface area contributed by atoms with Crippen LogP contribution in [0.15, 0.2) is 77.7 Å². The average Bonchev–Trinajstić information content (AvgIpc) is 3.21. The van der Waals surface area contributed by atoms with E-state index in [4.69, 9.17) is 0 Å². The van der Waals surface area contributed by atoms with Crippen LogP contribution >= 0.6 is 0 Å². The van der Waals surface area contributed by atoms with Crippen molar-refractivity contribution >= 4 is 11.4 Å². The molecule has 0 bridgehead atoms. The molecular weight excluding hydrogens is 390 g/mol. The van der Waals surface area contributed by atoms with Gasteiger partial charge in [0.15, 0.2) is 4.90 Å². The molecule has 3 aromatic rings. The second-order valence-corrected chi connectivity index (χ2v) is 9.00. The van der Waals surface area contributed by atoms with E-state index in [-0.39, 0.29) is 6.04 Å². The standard InChI is InChI=1S/C25H25N3OS/c1-19-7-12-25(15-23(19)16-26)30(29)27-24-13-14-28(18-24)17-20-8-10-22(11-9-20)21-5-3-2-4-6-21/h2-12,15,24,27H,13-14,17-18H2,1H3/t24-,30+/m1/s1. The minimum atomic E-state index is -1.31. The molecule has 0 radical (unpaired) electrons. The number of nitrogens with one attached hydrogen (secondary N) is 1. The SMILES string of the molecule is Cc1ccc([S@+]([O-])N[C@@H]2CCN(Cc3ccc(-c4ccccc4)cc3)C2)cc1C#N. The highest BCUT2D eigenvalue weighted by Crippen LogP contribution is 2.22. The van der Waals surface area contributed by atoms with E-state index in [9.17, 15) is 9.81 Å². The van der Waals surface area contributed by atoms with Gasteiger partial charge in [0, 0.05) is 25.7 Å². The molecule has 1 saturated heterocycles. The van der Waals surface area contributed by atoms with Crippen molar-refractivity contribution in [3.05, 3.63) is 89.5 Å². The summed E-state index contributed by atoms with van der Waals surface area (Å²) in [5.74, 6) is 0. The first-order valence-corrected chi connectivity index (χ1v) is 11.3. The second-order valence-electron chi connectivity index (χ2n) is 7.76. The number of nitrogens with zero attached hydrogens (tertiary/aromatic N) is 2. The van der Waals surface area contributed by atoms with Crippen molar-refractivity contribution in [1.29, 1.82) is 5.26 Å². The summed E-state index contributed by atoms with van der Waals surface area (Å²) < 4.78 is 15.9. The number of benzene rings is 3. The number of hydrogen-bond donors (Lipinski definition) is 1. The first-order chi connectivity index (χ1) is 14.6. The van der Waals surface area contributed by atoms with Gasteiger partial charge in [-0.25, -0.2) is 0 Å². The van der Waals surface area contributed by atoms with Gasteiger partial charge >= 0.3 is 0 Å². The van der Waals surface area contributed by atoms with Crippen LogP contribution in [0.1, 0.15) is 23.1 Å². The summed E-state index contributed by atoms with van der Waals surface area (Å²) in [5, 5.41) is 9.19. The molecule has 1 fully saturated rings. The van der Waals surface area contributed by atoms with Crippen molar-refractivity contribution in [2.24, 2.45) is 0 Å². The van der Waals surface area contributed by atoms with E-state index < -0.39 is 11.4 Å². The van der Waals surface area contributed by atoms with Gasteiger partial charge in [-0.05, 0) is 41.7 Å². The van der Waals surface area contributed by atoms with E-state index in [1.165, 1.54) is 16.7 Å². The maximum atomic E-state index is 12.7. The van der Waals surface area contributed by atoms with E-state index >= 15 is 0 Å². The van der Waals surface area contributed by atoms with Crippen molar-refractivity contribution < 1.29 is 4.55 Å². The van der Waals surface area contributed by atoms with Gasteiger partial charge in [0.1, 0.15) is 0 Å². The molecule has 1 N–H and O–H groups in total. The second kappa shape index (κ2) is 9.46. The van der Waals surface area contributed by atoms with Crippen LogP contribution < -0.4 is 4.72 Å². The Morgan fingerprint density at radius 3 is 2.53 bits per heavy atom. The van der Waals surface area contributed by atoms with Crippen molar-refractivity contribution in [3.8, 4) is 17.2 Å². The number of nitriles is 1. The Hall–Kier alpha value is -2.62. The lowest BCUT2D eigenvalue weighted by atomic mass is 10.0. The van der Waals surface area contributed by atoms with Crippen molar-refractivity contribution in [2.75, 3.05) is 13.1 Å². The summed E-state index contributed by atoms with van der Waals surface area (Å²) in [6, 6.07) is 26.9. The van der Waals surface area contributed by atoms with Crippen molar-refractivity contribution in [1.82, 2.24) is 9.62 Å². The molecule has 4 nitrogen and oxygen atoms in total. The third kappa shape index (κ3) is 4.92. The molecule has 1 aliphatic rings. The maximum Gasteiger partial charge on any atom is 0.175 e. The van der Waals surface area contributed by atoms with E-state index in [2.05, 4.69) is 64.2 Å². The quantitative estimate of drug-likeness (QED) is 0.606. The normalized spacial score (nSPS) is 17.6. The average molecular weight is 416 g/mol. The summed E-state index contributed by atoms with van der Waals surface area (Å²) in [7, 11) is 0. The molecule has 0 spiro atoms. The van der Waals surface area contributed by atoms with E-state index in [0.717, 1.165) is 31.6 Å². The first kappa shape index (κ1) is 20.6. The molecule has 30 heavy (non-hydrogen) atoms. The van der Waals surface area contributed by atoms with Crippen LogP contribution in [0.5, 0.6) is 0 Å². The molecule has 0 unspecified atom stereocenters. The predicted molar refractivity (Wildman–Crippen MR) is 121 cm³/mol. The fourth-order valence-electron chi connectivity index (χ4n) is 3.82. The molecule has 2 atom stereocenters. The van der Waals surface area contributed by atoms with Crippen molar-refractivity contribution in [3.63, 3.8) is 0 Å². The lowest BCUT2D eigenvalue weighted by molar-refractivity contribution is 0.324. The number of aryl methyl sites for hydroxylation is 1. The maximum absolute atomic E-state index is 12.7. The summed E-state index contributed by atoms with van der Waals surface area (Å²) in [4.78, 5) is 3.05. The summed E-state index contributed by atoms with van der Waals surface area (Å²) >= 11 is -1.31. The zero-order valence-corrected chi connectivity index (χ0v) is 17.9. The zero-order chi connectivity index (χ0) is 20.9. The lowest BCUT2D eigenvalue weighted by Crippen LogP contribution is -2.37. The molecule has 5 heteroatoms. The van der Waals surface area contributed by atoms with Gasteiger partial charge in [0.2, 0.25) is 0 Å². The van der Waals surface area contributed by atoms with Crippen LogP contribution in [0, 0.1) is 18.3 Å². The van der Waals surface area contributed by atoms with Crippen LogP contribution in [0.4, 0.5) is 0 Å². The Kier molecular flexibility index (Phi) is 6.51. The monoisotopic (exact) mass is 415 g/mol. The number of rotatable bonds is 6. The van der Waals surface area contributed by atoms with Gasteiger partial charge in [0.05, 0.1) is 29.0 Å². The molecule has 0 saturated carbocycles. The first-order valence-electron chi connectivity index (χ1n) is 10.2. The summed E-state index contributed by atoms with van der Waals surface area (Å²) in [6.45, 7) is 4.62. The van der Waals surface area contributed by atoms with Gasteiger partial charge in [-0.15, -0.1) is 4.72 Å². The molecule has 0 aromatic heterocycles. The van der Waals surface area contributed by atoms with Crippen molar-refractivity contribution in [2.45, 2.75) is 30.8 Å². The van der Waals surface area contributed by atoms with E-state index in [1.807, 2.05) is 25.1 Å². The number of likely N-dealkylation sites (tertiary alicyclic amines) is 1. The minimum absolute atomic E-state index is 0.182. The van der Waals surface area contributed by atoms with Crippen LogP contribution in [0.3, 0.4) is 0 Å². The summed E-state index contributed by atoms with van der Waals surface area (Å²) in [6.07, 6.45) is 0.963. The molecular formula is C25H25N3OS. The highest BCUT2D eigenvalue weighted by molar-refractivity contribution is 7.89. The third-order valence-electron chi connectivity index (χ3n) is 5.56. The topological polar surface area (TPSA) is 62.1 Å². The third-order valence-corrected chi connectivity index (χ3v) is 6.79. The Balaban J connectivity index is 1.32. The molecule has 0 aliphatic carbocycles. The van der Waals surface area contributed by atoms with Gasteiger partial charge < -0.3 is 4.55 Å². The van der Waals surface area contributed by atoms with Crippen LogP contribution in [-0.2, 0) is 17.9 Å². The predicted octanol–water partition coefficient (Wildman–Crippen LogP) is 4.42. The highest BCUT2D eigenvalue weighted by atomic mass is 32.2. The summed E-state index contributed by atoms with van der Waals surface area (Å²) in [5.41, 5.74) is 5.23. The Morgan fingerprint density at radius 1 is 1.07 bits per heavy atom. The van der Waals surface area contributed by atoms with Gasteiger partial charge in [0.25, 0.3) is 0 Å². The van der Waals surface area contributed by atoms with Crippen LogP contribution in [0.25, 0.3) is 11.1 Å². The fraction of sp³-hybridized carbons (Fsp3) is 0.240. The minimum Gasteiger partial charge on any atom is -0.593 e. The molecule has 1 heterocycles. The Bertz CT molecular complexity index is 1030. The Labute approximate surface area is 181 Å². The Morgan fingerprint density at radius 2 is 1.80 bits per heavy atom. The molecule has 1 aliphatic heterocycles. The van der Waals surface area contributed by atoms with E-state index in [1.54, 1.807) is 6.07 Å². The molecule has 152 valence electrons. The molecule has 0 amide bonds. The van der Waals surface area contributed by atoms with E-state index in [0.29, 0.717) is 10.5 Å². The van der Waals surface area contributed by atoms with Crippen LogP contribution in [-0.4, -0.2) is 28.6 Å². The van der Waals surface area contributed by atoms with Gasteiger partial charge in [-0.1, -0.05) is 60.7 Å². The molecule has 4 rings (SSSR count). The van der Waals surface area contributed by atoms with Gasteiger partial charge in [-0.3, -0.25) is 4.90 Å². The highest BCUT2D eigenvalue weighted by Gasteiger charge is 2.27. The van der Waals surface area contributed by atoms with Gasteiger partial charge in [-0.2, -0.15) is 5.26 Å². The zero-order valence-electron chi connectivity index (χ0n) is 17.0. The molecule has 3 aromatic carbocycles. The fourth-order valence-corrected chi connectivity index (χ4v) is 4.87. The van der Waals surface area contributed by atoms with Crippen LogP contribution in [0.2, 0.25) is 0 Å². The lowest BCUT2D eigenvalue weighted by Gasteiger charge is -2.18.